The van der Waals surface area contributed by atoms with Crippen molar-refractivity contribution in [1.29, 1.82) is 0 Å². The van der Waals surface area contributed by atoms with Crippen molar-refractivity contribution in [3.05, 3.63) is 59.2 Å². The van der Waals surface area contributed by atoms with Crippen LogP contribution in [0.5, 0.6) is 11.5 Å². The van der Waals surface area contributed by atoms with Crippen molar-refractivity contribution < 1.29 is 14.6 Å². The van der Waals surface area contributed by atoms with E-state index in [0.717, 1.165) is 17.5 Å². The van der Waals surface area contributed by atoms with Gasteiger partial charge in [0.15, 0.2) is 11.5 Å². The van der Waals surface area contributed by atoms with Gasteiger partial charge in [-0.1, -0.05) is 37.3 Å². The Kier molecular flexibility index (Phi) is 5.23. The molecule has 0 heterocycles. The lowest BCUT2D eigenvalue weighted by Gasteiger charge is -2.19. The fourth-order valence-corrected chi connectivity index (χ4v) is 2.61. The second-order valence-corrected chi connectivity index (χ2v) is 5.15. The maximum atomic E-state index is 9.62. The van der Waals surface area contributed by atoms with Crippen molar-refractivity contribution in [1.82, 2.24) is 0 Å². The highest BCUT2D eigenvalue weighted by Gasteiger charge is 2.16. The summed E-state index contributed by atoms with van der Waals surface area (Å²) in [5.41, 5.74) is 3.26. The Balaban J connectivity index is 2.33. The second kappa shape index (κ2) is 7.14. The van der Waals surface area contributed by atoms with Crippen LogP contribution >= 0.6 is 0 Å². The van der Waals surface area contributed by atoms with Gasteiger partial charge in [-0.25, -0.2) is 0 Å². The van der Waals surface area contributed by atoms with E-state index in [-0.39, 0.29) is 12.5 Å². The average Bonchev–Trinajstić information content (AvgIpc) is 2.54. The van der Waals surface area contributed by atoms with E-state index in [0.29, 0.717) is 11.5 Å². The Labute approximate surface area is 126 Å². The van der Waals surface area contributed by atoms with Gasteiger partial charge in [0.25, 0.3) is 0 Å². The Bertz CT molecular complexity index is 579. The van der Waals surface area contributed by atoms with Gasteiger partial charge in [0.05, 0.1) is 20.8 Å². The summed E-state index contributed by atoms with van der Waals surface area (Å²) in [4.78, 5) is 0. The summed E-state index contributed by atoms with van der Waals surface area (Å²) in [6, 6.07) is 14.2. The number of benzene rings is 2. The highest BCUT2D eigenvalue weighted by atomic mass is 16.5. The fraction of sp³-hybridized carbons (Fsp3) is 0.333. The zero-order chi connectivity index (χ0) is 15.2. The molecule has 112 valence electrons. The first kappa shape index (κ1) is 15.4. The van der Waals surface area contributed by atoms with Gasteiger partial charge in [-0.2, -0.15) is 0 Å². The molecular weight excluding hydrogens is 264 g/mol. The maximum Gasteiger partial charge on any atom is 0.161 e. The molecule has 0 aliphatic rings. The number of aliphatic hydroxyl groups is 1. The van der Waals surface area contributed by atoms with Crippen molar-refractivity contribution in [2.24, 2.45) is 0 Å². The fourth-order valence-electron chi connectivity index (χ4n) is 2.61. The van der Waals surface area contributed by atoms with E-state index in [9.17, 15) is 5.11 Å². The lowest BCUT2D eigenvalue weighted by Crippen LogP contribution is -2.05. The molecule has 3 nitrogen and oxygen atoms in total. The molecule has 0 aliphatic heterocycles. The third kappa shape index (κ3) is 3.56. The summed E-state index contributed by atoms with van der Waals surface area (Å²) in [5.74, 6) is 1.64. The largest absolute Gasteiger partial charge is 0.493 e. The average molecular weight is 286 g/mol. The van der Waals surface area contributed by atoms with Crippen LogP contribution in [0.25, 0.3) is 0 Å². The van der Waals surface area contributed by atoms with Crippen molar-refractivity contribution >= 4 is 0 Å². The van der Waals surface area contributed by atoms with E-state index in [1.165, 1.54) is 5.56 Å². The molecule has 2 rings (SSSR count). The van der Waals surface area contributed by atoms with Crippen LogP contribution < -0.4 is 9.47 Å². The first-order chi connectivity index (χ1) is 10.2. The second-order valence-electron chi connectivity index (χ2n) is 5.15. The van der Waals surface area contributed by atoms with Crippen LogP contribution in [0.15, 0.2) is 42.5 Å². The van der Waals surface area contributed by atoms with Gasteiger partial charge in [0.1, 0.15) is 0 Å². The minimum atomic E-state index is -0.00514. The van der Waals surface area contributed by atoms with Gasteiger partial charge < -0.3 is 14.6 Å². The first-order valence-electron chi connectivity index (χ1n) is 7.09. The predicted molar refractivity (Wildman–Crippen MR) is 84.0 cm³/mol. The van der Waals surface area contributed by atoms with Crippen LogP contribution in [0, 0.1) is 0 Å². The molecule has 0 bridgehead atoms. The summed E-state index contributed by atoms with van der Waals surface area (Å²) in [6.45, 7) is 2.15. The molecule has 0 saturated carbocycles. The van der Waals surface area contributed by atoms with E-state index in [1.807, 2.05) is 30.3 Å². The van der Waals surface area contributed by atoms with Gasteiger partial charge in [-0.15, -0.1) is 0 Å². The minimum Gasteiger partial charge on any atom is -0.493 e. The van der Waals surface area contributed by atoms with Crippen molar-refractivity contribution in [3.63, 3.8) is 0 Å². The Morgan fingerprint density at radius 1 is 1.00 bits per heavy atom. The van der Waals surface area contributed by atoms with Gasteiger partial charge in [0.2, 0.25) is 0 Å². The highest BCUT2D eigenvalue weighted by Crippen LogP contribution is 2.35. The minimum absolute atomic E-state index is 0.00514. The molecule has 0 fully saturated rings. The maximum absolute atomic E-state index is 9.62. The smallest absolute Gasteiger partial charge is 0.161 e. The van der Waals surface area contributed by atoms with E-state index in [4.69, 9.17) is 9.47 Å². The van der Waals surface area contributed by atoms with E-state index in [1.54, 1.807) is 14.2 Å². The molecule has 0 aromatic heterocycles. The Morgan fingerprint density at radius 2 is 1.62 bits per heavy atom. The molecule has 1 atom stereocenters. The predicted octanol–water partition coefficient (Wildman–Crippen LogP) is 3.54. The summed E-state index contributed by atoms with van der Waals surface area (Å²) in [5, 5.41) is 9.62. The van der Waals surface area contributed by atoms with Gasteiger partial charge in [-0.05, 0) is 41.2 Å². The zero-order valence-electron chi connectivity index (χ0n) is 12.8. The highest BCUT2D eigenvalue weighted by molar-refractivity contribution is 5.48. The summed E-state index contributed by atoms with van der Waals surface area (Å²) >= 11 is 0. The van der Waals surface area contributed by atoms with Crippen molar-refractivity contribution in [2.45, 2.75) is 25.9 Å². The van der Waals surface area contributed by atoms with Gasteiger partial charge in [-0.3, -0.25) is 0 Å². The number of ether oxygens (including phenoxy) is 2. The number of hydrogen-bond acceptors (Lipinski definition) is 3. The molecule has 0 unspecified atom stereocenters. The molecule has 0 saturated heterocycles. The molecule has 0 amide bonds. The van der Waals surface area contributed by atoms with Crippen LogP contribution in [0.1, 0.15) is 29.5 Å². The quantitative estimate of drug-likeness (QED) is 0.882. The summed E-state index contributed by atoms with van der Waals surface area (Å²) < 4.78 is 10.7. The van der Waals surface area contributed by atoms with Crippen LogP contribution in [-0.4, -0.2) is 19.3 Å². The molecule has 3 heteroatoms. The number of methoxy groups -OCH3 is 2. The molecule has 2 aromatic carbocycles. The number of aliphatic hydroxyl groups excluding tert-OH is 1. The summed E-state index contributed by atoms with van der Waals surface area (Å²) in [7, 11) is 3.23. The topological polar surface area (TPSA) is 38.7 Å². The van der Waals surface area contributed by atoms with Gasteiger partial charge >= 0.3 is 0 Å². The third-order valence-electron chi connectivity index (χ3n) is 3.73. The van der Waals surface area contributed by atoms with Crippen LogP contribution in [-0.2, 0) is 13.0 Å². The monoisotopic (exact) mass is 286 g/mol. The standard InChI is InChI=1S/C18H22O3/c1-13(9-14-7-5-4-6-8-14)16-11-18(21-3)17(20-2)10-15(16)12-19/h4-8,10-11,13,19H,9,12H2,1-3H3/t13-/m1/s1. The van der Waals surface area contributed by atoms with Crippen LogP contribution in [0.3, 0.4) is 0 Å². The summed E-state index contributed by atoms with van der Waals surface area (Å²) in [6.07, 6.45) is 0.920. The first-order valence-corrected chi connectivity index (χ1v) is 7.09. The molecule has 0 spiro atoms. The van der Waals surface area contributed by atoms with E-state index in [2.05, 4.69) is 19.1 Å². The third-order valence-corrected chi connectivity index (χ3v) is 3.73. The Morgan fingerprint density at radius 3 is 2.19 bits per heavy atom. The van der Waals surface area contributed by atoms with Gasteiger partial charge in [0, 0.05) is 0 Å². The molecular formula is C18H22O3. The Hall–Kier alpha value is -2.00. The molecule has 0 aliphatic carbocycles. The van der Waals surface area contributed by atoms with Crippen LogP contribution in [0.2, 0.25) is 0 Å². The zero-order valence-corrected chi connectivity index (χ0v) is 12.8. The van der Waals surface area contributed by atoms with E-state index >= 15 is 0 Å². The molecule has 21 heavy (non-hydrogen) atoms. The SMILES string of the molecule is COc1cc(CO)c([C@H](C)Cc2ccccc2)cc1OC. The lowest BCUT2D eigenvalue weighted by molar-refractivity contribution is 0.278. The molecule has 0 radical (unpaired) electrons. The number of hydrogen-bond donors (Lipinski definition) is 1. The normalized spacial score (nSPS) is 12.0. The number of rotatable bonds is 6. The van der Waals surface area contributed by atoms with Crippen molar-refractivity contribution in [2.75, 3.05) is 14.2 Å². The van der Waals surface area contributed by atoms with Crippen molar-refractivity contribution in [3.8, 4) is 11.5 Å². The molecule has 2 aromatic rings. The lowest BCUT2D eigenvalue weighted by atomic mass is 9.90. The van der Waals surface area contributed by atoms with Crippen LogP contribution in [0.4, 0.5) is 0 Å². The van der Waals surface area contributed by atoms with E-state index < -0.39 is 0 Å². The molecule has 1 N–H and O–H groups in total.